The third-order valence-electron chi connectivity index (χ3n) is 4.01. The van der Waals surface area contributed by atoms with Gasteiger partial charge in [0.1, 0.15) is 0 Å². The molecule has 0 amide bonds. The van der Waals surface area contributed by atoms with E-state index in [1.165, 1.54) is 56.1 Å². The average Bonchev–Trinajstić information content (AvgIpc) is 2.41. The van der Waals surface area contributed by atoms with Gasteiger partial charge in [0.2, 0.25) is 0 Å². The van der Waals surface area contributed by atoms with Crippen LogP contribution in [0.25, 0.3) is 0 Å². The van der Waals surface area contributed by atoms with Crippen LogP contribution in [0, 0.1) is 6.92 Å². The van der Waals surface area contributed by atoms with Crippen molar-refractivity contribution in [1.29, 1.82) is 0 Å². The zero-order chi connectivity index (χ0) is 14.2. The minimum Gasteiger partial charge on any atom is -0.360 e. The van der Waals surface area contributed by atoms with Crippen LogP contribution in [0.4, 0.5) is 0 Å². The van der Waals surface area contributed by atoms with E-state index in [0.29, 0.717) is 6.04 Å². The van der Waals surface area contributed by atoms with E-state index in [1.54, 1.807) is 0 Å². The predicted molar refractivity (Wildman–Crippen MR) is 89.9 cm³/mol. The van der Waals surface area contributed by atoms with Gasteiger partial charge in [-0.2, -0.15) is 0 Å². The largest absolute Gasteiger partial charge is 0.360 e. The van der Waals surface area contributed by atoms with E-state index < -0.39 is 0 Å². The molecule has 0 aromatic heterocycles. The maximum atomic E-state index is 5.42. The number of aryl methyl sites for hydroxylation is 1. The fraction of sp³-hybridized carbons (Fsp3) is 0.588. The molecule has 2 N–H and O–H groups in total. The van der Waals surface area contributed by atoms with Crippen LogP contribution in [0.5, 0.6) is 0 Å². The van der Waals surface area contributed by atoms with E-state index in [2.05, 4.69) is 41.8 Å². The summed E-state index contributed by atoms with van der Waals surface area (Å²) in [5.74, 6) is 0. The highest BCUT2D eigenvalue weighted by molar-refractivity contribution is 7.80. The van der Waals surface area contributed by atoms with Gasteiger partial charge in [-0.25, -0.2) is 0 Å². The molecule has 0 unspecified atom stereocenters. The summed E-state index contributed by atoms with van der Waals surface area (Å²) >= 11 is 5.42. The van der Waals surface area contributed by atoms with Crippen molar-refractivity contribution in [3.05, 3.63) is 35.4 Å². The second-order valence-corrected chi connectivity index (χ2v) is 6.26. The summed E-state index contributed by atoms with van der Waals surface area (Å²) in [6.07, 6.45) is 9.33. The van der Waals surface area contributed by atoms with Gasteiger partial charge in [0.25, 0.3) is 0 Å². The van der Waals surface area contributed by atoms with Gasteiger partial charge in [0.05, 0.1) is 0 Å². The van der Waals surface area contributed by atoms with Crippen LogP contribution in [0.2, 0.25) is 0 Å². The van der Waals surface area contributed by atoms with Gasteiger partial charge in [-0.1, -0.05) is 61.9 Å². The van der Waals surface area contributed by atoms with E-state index in [-0.39, 0.29) is 0 Å². The molecule has 0 radical (unpaired) electrons. The minimum atomic E-state index is 0.563. The van der Waals surface area contributed by atoms with E-state index in [4.69, 9.17) is 12.2 Å². The Hall–Kier alpha value is -1.09. The van der Waals surface area contributed by atoms with Gasteiger partial charge in [-0.05, 0) is 37.5 Å². The monoisotopic (exact) mass is 290 g/mol. The molecule has 0 aliphatic heterocycles. The Morgan fingerprint density at radius 2 is 1.65 bits per heavy atom. The lowest BCUT2D eigenvalue weighted by Gasteiger charge is -2.22. The second-order valence-electron chi connectivity index (χ2n) is 5.85. The highest BCUT2D eigenvalue weighted by Gasteiger charge is 2.11. The van der Waals surface area contributed by atoms with Crippen molar-refractivity contribution in [2.24, 2.45) is 0 Å². The first-order valence-electron chi connectivity index (χ1n) is 7.84. The number of rotatable bonds is 3. The molecular weight excluding hydrogens is 264 g/mol. The van der Waals surface area contributed by atoms with E-state index in [1.807, 2.05) is 0 Å². The topological polar surface area (TPSA) is 24.1 Å². The fourth-order valence-corrected chi connectivity index (χ4v) is 2.96. The summed E-state index contributed by atoms with van der Waals surface area (Å²) in [5.41, 5.74) is 2.57. The maximum absolute atomic E-state index is 5.42. The Bertz CT molecular complexity index is 406. The molecule has 1 fully saturated rings. The van der Waals surface area contributed by atoms with E-state index >= 15 is 0 Å². The third kappa shape index (κ3) is 5.49. The van der Waals surface area contributed by atoms with Crippen LogP contribution in [0.3, 0.4) is 0 Å². The van der Waals surface area contributed by atoms with Gasteiger partial charge < -0.3 is 10.6 Å². The van der Waals surface area contributed by atoms with Crippen molar-refractivity contribution in [2.75, 3.05) is 0 Å². The fourth-order valence-electron chi connectivity index (χ4n) is 2.73. The van der Waals surface area contributed by atoms with Crippen LogP contribution in [0.1, 0.15) is 56.1 Å². The summed E-state index contributed by atoms with van der Waals surface area (Å²) < 4.78 is 0. The predicted octanol–water partition coefficient (Wildman–Crippen LogP) is 4.07. The number of benzene rings is 1. The van der Waals surface area contributed by atoms with Crippen LogP contribution < -0.4 is 10.6 Å². The van der Waals surface area contributed by atoms with Crippen molar-refractivity contribution in [3.63, 3.8) is 0 Å². The molecule has 1 aromatic carbocycles. The molecule has 2 rings (SSSR count). The number of thiocarbonyl (C=S) groups is 1. The first-order chi connectivity index (χ1) is 9.74. The quantitative estimate of drug-likeness (QED) is 0.821. The maximum Gasteiger partial charge on any atom is 0.166 e. The molecule has 1 aliphatic rings. The van der Waals surface area contributed by atoms with Gasteiger partial charge in [-0.15, -0.1) is 0 Å². The molecule has 1 saturated carbocycles. The van der Waals surface area contributed by atoms with Crippen molar-refractivity contribution in [1.82, 2.24) is 10.6 Å². The molecule has 110 valence electrons. The standard InChI is InChI=1S/C17H26N2S/c1-14-9-11-15(12-10-14)13-18-17(20)19-16-7-5-3-2-4-6-8-16/h9-12,16H,2-8,13H2,1H3,(H2,18,19,20). The normalized spacial score (nSPS) is 17.1. The zero-order valence-electron chi connectivity index (χ0n) is 12.5. The molecule has 20 heavy (non-hydrogen) atoms. The Kier molecular flexibility index (Phi) is 6.31. The van der Waals surface area contributed by atoms with E-state index in [9.17, 15) is 0 Å². The van der Waals surface area contributed by atoms with Crippen molar-refractivity contribution in [3.8, 4) is 0 Å². The molecule has 0 saturated heterocycles. The SMILES string of the molecule is Cc1ccc(CNC(=S)NC2CCCCCCC2)cc1. The lowest BCUT2D eigenvalue weighted by atomic mass is 9.97. The van der Waals surface area contributed by atoms with Crippen molar-refractivity contribution < 1.29 is 0 Å². The van der Waals surface area contributed by atoms with Crippen LogP contribution >= 0.6 is 12.2 Å². The molecule has 3 heteroatoms. The molecule has 0 bridgehead atoms. The molecule has 1 aliphatic carbocycles. The zero-order valence-corrected chi connectivity index (χ0v) is 13.3. The summed E-state index contributed by atoms with van der Waals surface area (Å²) in [6.45, 7) is 2.91. The Balaban J connectivity index is 1.72. The molecule has 1 aromatic rings. The average molecular weight is 290 g/mol. The van der Waals surface area contributed by atoms with Crippen LogP contribution in [-0.2, 0) is 6.54 Å². The lowest BCUT2D eigenvalue weighted by Crippen LogP contribution is -2.41. The number of nitrogens with one attached hydrogen (secondary N) is 2. The minimum absolute atomic E-state index is 0.563. The molecule has 0 spiro atoms. The van der Waals surface area contributed by atoms with Crippen LogP contribution in [0.15, 0.2) is 24.3 Å². The number of hydrogen-bond donors (Lipinski definition) is 2. The van der Waals surface area contributed by atoms with Gasteiger partial charge >= 0.3 is 0 Å². The first kappa shape index (κ1) is 15.3. The number of hydrogen-bond acceptors (Lipinski definition) is 1. The summed E-state index contributed by atoms with van der Waals surface area (Å²) in [5, 5.41) is 7.61. The Morgan fingerprint density at radius 3 is 2.30 bits per heavy atom. The molecule has 0 heterocycles. The van der Waals surface area contributed by atoms with Gasteiger partial charge in [-0.3, -0.25) is 0 Å². The third-order valence-corrected chi connectivity index (χ3v) is 4.28. The smallest absolute Gasteiger partial charge is 0.166 e. The second kappa shape index (κ2) is 8.25. The Labute approximate surface area is 128 Å². The molecular formula is C17H26N2S. The lowest BCUT2D eigenvalue weighted by molar-refractivity contribution is 0.427. The molecule has 0 atom stereocenters. The highest BCUT2D eigenvalue weighted by Crippen LogP contribution is 2.17. The van der Waals surface area contributed by atoms with Crippen molar-refractivity contribution >= 4 is 17.3 Å². The Morgan fingerprint density at radius 1 is 1.05 bits per heavy atom. The van der Waals surface area contributed by atoms with Crippen molar-refractivity contribution in [2.45, 2.75) is 64.5 Å². The summed E-state index contributed by atoms with van der Waals surface area (Å²) in [4.78, 5) is 0. The molecule has 2 nitrogen and oxygen atoms in total. The van der Waals surface area contributed by atoms with Gasteiger partial charge in [0.15, 0.2) is 5.11 Å². The first-order valence-corrected chi connectivity index (χ1v) is 8.25. The summed E-state index contributed by atoms with van der Waals surface area (Å²) in [6, 6.07) is 9.15. The van der Waals surface area contributed by atoms with Crippen LogP contribution in [-0.4, -0.2) is 11.2 Å². The van der Waals surface area contributed by atoms with E-state index in [0.717, 1.165) is 11.7 Å². The van der Waals surface area contributed by atoms with Gasteiger partial charge in [0, 0.05) is 12.6 Å². The highest BCUT2D eigenvalue weighted by atomic mass is 32.1. The summed E-state index contributed by atoms with van der Waals surface area (Å²) in [7, 11) is 0.